The van der Waals surface area contributed by atoms with Crippen LogP contribution in [-0.2, 0) is 11.3 Å². The van der Waals surface area contributed by atoms with Crippen LogP contribution in [0.4, 0.5) is 0 Å². The molecule has 19 heavy (non-hydrogen) atoms. The van der Waals surface area contributed by atoms with Crippen molar-refractivity contribution in [3.05, 3.63) is 28.8 Å². The average Bonchev–Trinajstić information content (AvgIpc) is 2.38. The second-order valence-electron chi connectivity index (χ2n) is 4.26. The fourth-order valence-corrected chi connectivity index (χ4v) is 1.91. The number of aliphatic carboxylic acids is 1. The Morgan fingerprint density at radius 3 is 2.79 bits per heavy atom. The highest BCUT2D eigenvalue weighted by Crippen LogP contribution is 2.30. The molecule has 0 saturated heterocycles. The summed E-state index contributed by atoms with van der Waals surface area (Å²) < 4.78 is 5.55. The molecule has 0 aliphatic heterocycles. The third-order valence-electron chi connectivity index (χ3n) is 2.70. The van der Waals surface area contributed by atoms with Crippen LogP contribution in [0.3, 0.4) is 0 Å². The standard InChI is InChI=1S/C14H20ClNO3/c1-3-8-16-9-10-6-5-7-11(15)13(10)19-12(4-2)14(17)18/h5-7,12,16H,3-4,8-9H2,1-2H3,(H,17,18). The molecule has 0 fully saturated rings. The van der Waals surface area contributed by atoms with Crippen LogP contribution < -0.4 is 10.1 Å². The molecule has 4 nitrogen and oxygen atoms in total. The van der Waals surface area contributed by atoms with E-state index in [1.807, 2.05) is 12.1 Å². The SMILES string of the molecule is CCCNCc1cccc(Cl)c1OC(CC)C(=O)O. The summed E-state index contributed by atoms with van der Waals surface area (Å²) in [6.45, 7) is 5.35. The van der Waals surface area contributed by atoms with Gasteiger partial charge in [-0.2, -0.15) is 0 Å². The molecule has 1 atom stereocenters. The molecule has 0 aliphatic rings. The lowest BCUT2D eigenvalue weighted by Gasteiger charge is -2.18. The predicted molar refractivity (Wildman–Crippen MR) is 75.8 cm³/mol. The largest absolute Gasteiger partial charge is 0.479 e. The van der Waals surface area contributed by atoms with E-state index in [1.165, 1.54) is 0 Å². The lowest BCUT2D eigenvalue weighted by Crippen LogP contribution is -2.27. The fraction of sp³-hybridized carbons (Fsp3) is 0.500. The van der Waals surface area contributed by atoms with E-state index in [0.717, 1.165) is 18.5 Å². The van der Waals surface area contributed by atoms with Gasteiger partial charge in [-0.25, -0.2) is 4.79 Å². The summed E-state index contributed by atoms with van der Waals surface area (Å²) in [5.74, 6) is -0.517. The van der Waals surface area contributed by atoms with Crippen LogP contribution in [0.1, 0.15) is 32.3 Å². The summed E-state index contributed by atoms with van der Waals surface area (Å²) >= 11 is 6.10. The van der Waals surface area contributed by atoms with E-state index in [-0.39, 0.29) is 0 Å². The summed E-state index contributed by atoms with van der Waals surface area (Å²) in [5, 5.41) is 12.7. The number of rotatable bonds is 8. The van der Waals surface area contributed by atoms with Gasteiger partial charge < -0.3 is 15.2 Å². The first kappa shape index (κ1) is 15.8. The quantitative estimate of drug-likeness (QED) is 0.721. The van der Waals surface area contributed by atoms with Gasteiger partial charge in [-0.1, -0.05) is 37.6 Å². The molecule has 0 amide bonds. The topological polar surface area (TPSA) is 58.6 Å². The maximum absolute atomic E-state index is 11.0. The van der Waals surface area contributed by atoms with Crippen molar-refractivity contribution in [2.24, 2.45) is 0 Å². The molecule has 106 valence electrons. The Bertz CT molecular complexity index is 423. The Hall–Kier alpha value is -1.26. The lowest BCUT2D eigenvalue weighted by molar-refractivity contribution is -0.145. The van der Waals surface area contributed by atoms with Gasteiger partial charge in [-0.3, -0.25) is 0 Å². The number of carboxylic acid groups (broad SMARTS) is 1. The van der Waals surface area contributed by atoms with Gasteiger partial charge in [0.05, 0.1) is 5.02 Å². The highest BCUT2D eigenvalue weighted by Gasteiger charge is 2.20. The molecule has 1 aromatic carbocycles. The maximum atomic E-state index is 11.0. The summed E-state index contributed by atoms with van der Waals surface area (Å²) in [5.41, 5.74) is 0.876. The molecule has 5 heteroatoms. The number of carboxylic acids is 1. The molecule has 0 radical (unpaired) electrons. The molecule has 0 saturated carbocycles. The van der Waals surface area contributed by atoms with Crippen LogP contribution in [0, 0.1) is 0 Å². The second kappa shape index (κ2) is 8.02. The molecule has 1 aromatic rings. The average molecular weight is 286 g/mol. The zero-order valence-corrected chi connectivity index (χ0v) is 12.0. The maximum Gasteiger partial charge on any atom is 0.344 e. The van der Waals surface area contributed by atoms with Crippen molar-refractivity contribution in [3.63, 3.8) is 0 Å². The van der Waals surface area contributed by atoms with Gasteiger partial charge in [0, 0.05) is 12.1 Å². The molecular formula is C14H20ClNO3. The smallest absolute Gasteiger partial charge is 0.344 e. The third kappa shape index (κ3) is 4.73. The van der Waals surface area contributed by atoms with Crippen molar-refractivity contribution in [3.8, 4) is 5.75 Å². The van der Waals surface area contributed by atoms with E-state index in [1.54, 1.807) is 13.0 Å². The second-order valence-corrected chi connectivity index (χ2v) is 4.67. The Balaban J connectivity index is 2.87. The predicted octanol–water partition coefficient (Wildman–Crippen LogP) is 3.08. The van der Waals surface area contributed by atoms with E-state index < -0.39 is 12.1 Å². The molecule has 0 spiro atoms. The van der Waals surface area contributed by atoms with Gasteiger partial charge >= 0.3 is 5.97 Å². The first-order chi connectivity index (χ1) is 9.10. The Morgan fingerprint density at radius 2 is 2.21 bits per heavy atom. The molecule has 0 aliphatic carbocycles. The highest BCUT2D eigenvalue weighted by atomic mass is 35.5. The van der Waals surface area contributed by atoms with Gasteiger partial charge in [0.15, 0.2) is 6.10 Å². The zero-order chi connectivity index (χ0) is 14.3. The van der Waals surface area contributed by atoms with Gasteiger partial charge in [0.25, 0.3) is 0 Å². The van der Waals surface area contributed by atoms with Crippen LogP contribution in [0.15, 0.2) is 18.2 Å². The van der Waals surface area contributed by atoms with Crippen molar-refractivity contribution < 1.29 is 14.6 Å². The first-order valence-electron chi connectivity index (χ1n) is 6.47. The molecule has 0 aromatic heterocycles. The van der Waals surface area contributed by atoms with E-state index in [4.69, 9.17) is 21.4 Å². The Labute approximate surface area is 118 Å². The number of ether oxygens (including phenoxy) is 1. The van der Waals surface area contributed by atoms with Crippen LogP contribution in [0.2, 0.25) is 5.02 Å². The van der Waals surface area contributed by atoms with Crippen LogP contribution in [0.25, 0.3) is 0 Å². The number of nitrogens with one attached hydrogen (secondary N) is 1. The van der Waals surface area contributed by atoms with Gasteiger partial charge in [-0.15, -0.1) is 0 Å². The molecular weight excluding hydrogens is 266 g/mol. The van der Waals surface area contributed by atoms with Crippen molar-refractivity contribution in [1.82, 2.24) is 5.32 Å². The summed E-state index contributed by atoms with van der Waals surface area (Å²) in [6.07, 6.45) is 0.552. The van der Waals surface area contributed by atoms with Crippen molar-refractivity contribution >= 4 is 17.6 Å². The van der Waals surface area contributed by atoms with Crippen molar-refractivity contribution in [2.45, 2.75) is 39.3 Å². The molecule has 1 rings (SSSR count). The van der Waals surface area contributed by atoms with Crippen molar-refractivity contribution in [1.29, 1.82) is 0 Å². The summed E-state index contributed by atoms with van der Waals surface area (Å²) in [4.78, 5) is 11.0. The number of para-hydroxylation sites is 1. The van der Waals surface area contributed by atoms with Gasteiger partial charge in [0.1, 0.15) is 5.75 Å². The van der Waals surface area contributed by atoms with E-state index in [9.17, 15) is 4.79 Å². The number of carbonyl (C=O) groups is 1. The van der Waals surface area contributed by atoms with E-state index in [2.05, 4.69) is 12.2 Å². The minimum atomic E-state index is -0.977. The first-order valence-corrected chi connectivity index (χ1v) is 6.85. The Morgan fingerprint density at radius 1 is 1.47 bits per heavy atom. The minimum Gasteiger partial charge on any atom is -0.479 e. The molecule has 1 unspecified atom stereocenters. The number of halogens is 1. The van der Waals surface area contributed by atoms with Crippen molar-refractivity contribution in [2.75, 3.05) is 6.54 Å². The Kier molecular flexibility index (Phi) is 6.67. The van der Waals surface area contributed by atoms with E-state index in [0.29, 0.717) is 23.7 Å². The van der Waals surface area contributed by atoms with Crippen LogP contribution >= 0.6 is 11.6 Å². The highest BCUT2D eigenvalue weighted by molar-refractivity contribution is 6.32. The number of hydrogen-bond donors (Lipinski definition) is 2. The zero-order valence-electron chi connectivity index (χ0n) is 11.3. The number of hydrogen-bond acceptors (Lipinski definition) is 3. The molecule has 2 N–H and O–H groups in total. The summed E-state index contributed by atoms with van der Waals surface area (Å²) in [7, 11) is 0. The van der Waals surface area contributed by atoms with E-state index >= 15 is 0 Å². The van der Waals surface area contributed by atoms with Crippen LogP contribution in [-0.4, -0.2) is 23.7 Å². The fourth-order valence-electron chi connectivity index (χ4n) is 1.68. The monoisotopic (exact) mass is 285 g/mol. The third-order valence-corrected chi connectivity index (χ3v) is 2.99. The minimum absolute atomic E-state index is 0.391. The summed E-state index contributed by atoms with van der Waals surface area (Å²) in [6, 6.07) is 5.42. The molecule has 0 bridgehead atoms. The van der Waals surface area contributed by atoms with Crippen LogP contribution in [0.5, 0.6) is 5.75 Å². The van der Waals surface area contributed by atoms with Gasteiger partial charge in [-0.05, 0) is 25.5 Å². The number of benzene rings is 1. The van der Waals surface area contributed by atoms with Gasteiger partial charge in [0.2, 0.25) is 0 Å². The lowest BCUT2D eigenvalue weighted by atomic mass is 10.2. The molecule has 0 heterocycles. The normalized spacial score (nSPS) is 12.2.